The van der Waals surface area contributed by atoms with Gasteiger partial charge in [0.15, 0.2) is 0 Å². The summed E-state index contributed by atoms with van der Waals surface area (Å²) in [7, 11) is 1.88. The van der Waals surface area contributed by atoms with Crippen molar-refractivity contribution < 1.29 is 4.74 Å². The second-order valence-electron chi connectivity index (χ2n) is 6.10. The van der Waals surface area contributed by atoms with Crippen LogP contribution in [-0.4, -0.2) is 38.9 Å². The van der Waals surface area contributed by atoms with E-state index in [1.807, 2.05) is 32.3 Å². The maximum atomic E-state index is 6.40. The molecule has 5 nitrogen and oxygen atoms in total. The van der Waals surface area contributed by atoms with Gasteiger partial charge in [0, 0.05) is 45.0 Å². The summed E-state index contributed by atoms with van der Waals surface area (Å²) in [5.41, 5.74) is 3.13. The standard InChI is InChI=1S/C17H23ClN4O/c1-13-16(17(18)21(2)20-13)12-22(11-15-7-5-9-23-15)10-14-6-3-4-8-19-14/h3-4,6,8,15H,5,7,9-12H2,1-2H3/t15-/m0/s1. The molecule has 1 fully saturated rings. The molecule has 3 rings (SSSR count). The summed E-state index contributed by atoms with van der Waals surface area (Å²) in [5, 5.41) is 5.12. The van der Waals surface area contributed by atoms with Gasteiger partial charge in [0.2, 0.25) is 0 Å². The Bertz CT molecular complexity index is 638. The summed E-state index contributed by atoms with van der Waals surface area (Å²) in [4.78, 5) is 6.80. The van der Waals surface area contributed by atoms with Crippen molar-refractivity contribution in [3.05, 3.63) is 46.5 Å². The first-order valence-electron chi connectivity index (χ1n) is 8.05. The molecule has 0 saturated carbocycles. The highest BCUT2D eigenvalue weighted by molar-refractivity contribution is 6.30. The molecule has 23 heavy (non-hydrogen) atoms. The molecule has 1 aliphatic rings. The second-order valence-corrected chi connectivity index (χ2v) is 6.46. The lowest BCUT2D eigenvalue weighted by Crippen LogP contribution is -2.32. The van der Waals surface area contributed by atoms with Crippen LogP contribution in [0.3, 0.4) is 0 Å². The van der Waals surface area contributed by atoms with Crippen LogP contribution in [0, 0.1) is 6.92 Å². The van der Waals surface area contributed by atoms with Crippen LogP contribution in [0.5, 0.6) is 0 Å². The van der Waals surface area contributed by atoms with Gasteiger partial charge in [-0.3, -0.25) is 14.6 Å². The first kappa shape index (κ1) is 16.4. The topological polar surface area (TPSA) is 43.2 Å². The Morgan fingerprint density at radius 1 is 1.39 bits per heavy atom. The van der Waals surface area contributed by atoms with Crippen LogP contribution in [0.1, 0.15) is 29.8 Å². The predicted octanol–water partition coefficient (Wildman–Crippen LogP) is 2.96. The van der Waals surface area contributed by atoms with Gasteiger partial charge in [0.1, 0.15) is 5.15 Å². The third-order valence-electron chi connectivity index (χ3n) is 4.25. The number of aromatic nitrogens is 3. The number of rotatable bonds is 6. The molecule has 2 aromatic rings. The maximum Gasteiger partial charge on any atom is 0.131 e. The van der Waals surface area contributed by atoms with Crippen LogP contribution < -0.4 is 0 Å². The molecule has 1 atom stereocenters. The molecule has 0 amide bonds. The summed E-state index contributed by atoms with van der Waals surface area (Å²) < 4.78 is 7.54. The van der Waals surface area contributed by atoms with E-state index < -0.39 is 0 Å². The zero-order chi connectivity index (χ0) is 16.2. The van der Waals surface area contributed by atoms with Crippen LogP contribution in [0.4, 0.5) is 0 Å². The monoisotopic (exact) mass is 334 g/mol. The highest BCUT2D eigenvalue weighted by Gasteiger charge is 2.22. The lowest BCUT2D eigenvalue weighted by Gasteiger charge is -2.25. The highest BCUT2D eigenvalue weighted by atomic mass is 35.5. The summed E-state index contributed by atoms with van der Waals surface area (Å²) in [6, 6.07) is 6.02. The van der Waals surface area contributed by atoms with Crippen LogP contribution in [0.25, 0.3) is 0 Å². The molecule has 0 aromatic carbocycles. The lowest BCUT2D eigenvalue weighted by molar-refractivity contribution is 0.0674. The molecule has 6 heteroatoms. The van der Waals surface area contributed by atoms with E-state index in [4.69, 9.17) is 16.3 Å². The van der Waals surface area contributed by atoms with E-state index in [2.05, 4.69) is 21.0 Å². The maximum absolute atomic E-state index is 6.40. The van der Waals surface area contributed by atoms with Crippen molar-refractivity contribution >= 4 is 11.6 Å². The zero-order valence-corrected chi connectivity index (χ0v) is 14.5. The van der Waals surface area contributed by atoms with Gasteiger partial charge in [-0.2, -0.15) is 5.10 Å². The van der Waals surface area contributed by atoms with E-state index in [1.54, 1.807) is 4.68 Å². The zero-order valence-electron chi connectivity index (χ0n) is 13.7. The number of halogens is 1. The summed E-state index contributed by atoms with van der Waals surface area (Å²) >= 11 is 6.40. The fourth-order valence-corrected chi connectivity index (χ4v) is 3.29. The largest absolute Gasteiger partial charge is 0.377 e. The first-order valence-corrected chi connectivity index (χ1v) is 8.43. The Kier molecular flexibility index (Phi) is 5.30. The number of nitrogens with zero attached hydrogens (tertiary/aromatic N) is 4. The third-order valence-corrected chi connectivity index (χ3v) is 4.72. The highest BCUT2D eigenvalue weighted by Crippen LogP contribution is 2.23. The fraction of sp³-hybridized carbons (Fsp3) is 0.529. The average Bonchev–Trinajstić information content (AvgIpc) is 3.12. The molecular formula is C17H23ClN4O. The van der Waals surface area contributed by atoms with E-state index in [9.17, 15) is 0 Å². The van der Waals surface area contributed by atoms with Gasteiger partial charge >= 0.3 is 0 Å². The Balaban J connectivity index is 1.76. The van der Waals surface area contributed by atoms with E-state index in [-0.39, 0.29) is 0 Å². The number of hydrogen-bond donors (Lipinski definition) is 0. The quantitative estimate of drug-likeness (QED) is 0.814. The van der Waals surface area contributed by atoms with E-state index >= 15 is 0 Å². The van der Waals surface area contributed by atoms with Gasteiger partial charge in [-0.15, -0.1) is 0 Å². The van der Waals surface area contributed by atoms with Gasteiger partial charge in [0.05, 0.1) is 17.5 Å². The van der Waals surface area contributed by atoms with Gasteiger partial charge in [-0.1, -0.05) is 17.7 Å². The van der Waals surface area contributed by atoms with Crippen LogP contribution in [0.2, 0.25) is 5.15 Å². The molecule has 0 radical (unpaired) electrons. The van der Waals surface area contributed by atoms with Crippen LogP contribution in [0.15, 0.2) is 24.4 Å². The molecule has 0 unspecified atom stereocenters. The average molecular weight is 335 g/mol. The minimum atomic E-state index is 0.300. The SMILES string of the molecule is Cc1nn(C)c(Cl)c1CN(Cc1ccccn1)C[C@@H]1CCCO1. The molecule has 0 spiro atoms. The van der Waals surface area contributed by atoms with Crippen molar-refractivity contribution in [3.63, 3.8) is 0 Å². The second kappa shape index (κ2) is 7.43. The van der Waals surface area contributed by atoms with Crippen molar-refractivity contribution in [1.82, 2.24) is 19.7 Å². The normalized spacial score (nSPS) is 18.0. The molecule has 124 valence electrons. The van der Waals surface area contributed by atoms with Crippen molar-refractivity contribution in [2.24, 2.45) is 7.05 Å². The van der Waals surface area contributed by atoms with Crippen LogP contribution >= 0.6 is 11.6 Å². The van der Waals surface area contributed by atoms with Crippen molar-refractivity contribution in [2.45, 2.75) is 39.0 Å². The van der Waals surface area contributed by atoms with E-state index in [0.717, 1.165) is 56.0 Å². The number of hydrogen-bond acceptors (Lipinski definition) is 4. The summed E-state index contributed by atoms with van der Waals surface area (Å²) in [6.07, 6.45) is 4.41. The molecule has 3 heterocycles. The van der Waals surface area contributed by atoms with Crippen molar-refractivity contribution in [2.75, 3.05) is 13.2 Å². The Morgan fingerprint density at radius 2 is 2.26 bits per heavy atom. The summed E-state index contributed by atoms with van der Waals surface area (Å²) in [6.45, 7) is 5.31. The molecule has 1 aliphatic heterocycles. The smallest absolute Gasteiger partial charge is 0.131 e. The van der Waals surface area contributed by atoms with Gasteiger partial charge < -0.3 is 4.74 Å². The number of aryl methyl sites for hydroxylation is 2. The minimum Gasteiger partial charge on any atom is -0.377 e. The Hall–Kier alpha value is -1.43. The van der Waals surface area contributed by atoms with E-state index in [1.165, 1.54) is 0 Å². The fourth-order valence-electron chi connectivity index (χ4n) is 3.06. The minimum absolute atomic E-state index is 0.300. The molecule has 0 aliphatic carbocycles. The first-order chi connectivity index (χ1) is 11.1. The number of pyridine rings is 1. The summed E-state index contributed by atoms with van der Waals surface area (Å²) in [5.74, 6) is 0. The van der Waals surface area contributed by atoms with Crippen molar-refractivity contribution in [3.8, 4) is 0 Å². The van der Waals surface area contributed by atoms with Crippen LogP contribution in [-0.2, 0) is 24.9 Å². The van der Waals surface area contributed by atoms with Gasteiger partial charge in [-0.05, 0) is 31.9 Å². The van der Waals surface area contributed by atoms with Gasteiger partial charge in [-0.25, -0.2) is 0 Å². The Morgan fingerprint density at radius 3 is 2.87 bits per heavy atom. The molecule has 1 saturated heterocycles. The van der Waals surface area contributed by atoms with Crippen molar-refractivity contribution in [1.29, 1.82) is 0 Å². The Labute approximate surface area is 142 Å². The molecule has 0 N–H and O–H groups in total. The molecule has 2 aromatic heterocycles. The molecular weight excluding hydrogens is 312 g/mol. The lowest BCUT2D eigenvalue weighted by atomic mass is 10.2. The number of ether oxygens (including phenoxy) is 1. The third kappa shape index (κ3) is 4.10. The molecule has 0 bridgehead atoms. The van der Waals surface area contributed by atoms with E-state index in [0.29, 0.717) is 11.3 Å². The predicted molar refractivity (Wildman–Crippen MR) is 90.3 cm³/mol. The van der Waals surface area contributed by atoms with Gasteiger partial charge in [0.25, 0.3) is 0 Å².